The van der Waals surface area contributed by atoms with E-state index in [9.17, 15) is 9.18 Å². The summed E-state index contributed by atoms with van der Waals surface area (Å²) < 4.78 is 15.5. The van der Waals surface area contributed by atoms with Crippen LogP contribution in [-0.2, 0) is 0 Å². The lowest BCUT2D eigenvalue weighted by atomic mass is 10.1. The van der Waals surface area contributed by atoms with Crippen molar-refractivity contribution in [2.75, 3.05) is 0 Å². The maximum absolute atomic E-state index is 14.3. The molecule has 2 heterocycles. The van der Waals surface area contributed by atoms with Gasteiger partial charge in [-0.1, -0.05) is 41.4 Å². The molecule has 4 nitrogen and oxygen atoms in total. The highest BCUT2D eigenvalue weighted by molar-refractivity contribution is 6.33. The molecule has 124 valence electrons. The topological polar surface area (TPSA) is 50.2 Å². The van der Waals surface area contributed by atoms with Crippen molar-refractivity contribution in [2.24, 2.45) is 0 Å². The SMILES string of the molecule is O=c1cc(-c2ccc(Cl)cc2)nc2c(-c3c(F)cccc3Cl)c[nH]n12. The van der Waals surface area contributed by atoms with Gasteiger partial charge in [0.1, 0.15) is 5.82 Å². The molecule has 4 aromatic rings. The van der Waals surface area contributed by atoms with Crippen LogP contribution < -0.4 is 5.56 Å². The van der Waals surface area contributed by atoms with Crippen LogP contribution in [0.4, 0.5) is 4.39 Å². The van der Waals surface area contributed by atoms with E-state index in [2.05, 4.69) is 10.1 Å². The summed E-state index contributed by atoms with van der Waals surface area (Å²) in [7, 11) is 0. The number of fused-ring (bicyclic) bond motifs is 1. The van der Waals surface area contributed by atoms with Gasteiger partial charge in [-0.15, -0.1) is 0 Å². The zero-order valence-corrected chi connectivity index (χ0v) is 14.1. The molecule has 0 spiro atoms. The zero-order chi connectivity index (χ0) is 17.6. The smallest absolute Gasteiger partial charge is 0.273 e. The minimum atomic E-state index is -0.486. The molecule has 0 saturated heterocycles. The Morgan fingerprint density at radius 3 is 2.56 bits per heavy atom. The molecule has 7 heteroatoms. The van der Waals surface area contributed by atoms with Crippen LogP contribution in [0.1, 0.15) is 0 Å². The van der Waals surface area contributed by atoms with E-state index in [0.717, 1.165) is 5.56 Å². The quantitative estimate of drug-likeness (QED) is 0.548. The monoisotopic (exact) mass is 373 g/mol. The Bertz CT molecular complexity index is 1130. The fourth-order valence-corrected chi connectivity index (χ4v) is 3.08. The third kappa shape index (κ3) is 2.71. The minimum absolute atomic E-state index is 0.197. The molecule has 2 aromatic carbocycles. The summed E-state index contributed by atoms with van der Waals surface area (Å²) in [6.07, 6.45) is 1.51. The highest BCUT2D eigenvalue weighted by Gasteiger charge is 2.17. The van der Waals surface area contributed by atoms with Gasteiger partial charge >= 0.3 is 0 Å². The highest BCUT2D eigenvalue weighted by atomic mass is 35.5. The average molecular weight is 374 g/mol. The van der Waals surface area contributed by atoms with Crippen molar-refractivity contribution in [1.29, 1.82) is 0 Å². The molecule has 0 aliphatic carbocycles. The molecule has 25 heavy (non-hydrogen) atoms. The molecule has 0 saturated carbocycles. The Morgan fingerprint density at radius 2 is 1.84 bits per heavy atom. The van der Waals surface area contributed by atoms with Crippen molar-refractivity contribution < 1.29 is 4.39 Å². The van der Waals surface area contributed by atoms with Gasteiger partial charge in [0.2, 0.25) is 0 Å². The lowest BCUT2D eigenvalue weighted by molar-refractivity contribution is 0.631. The fourth-order valence-electron chi connectivity index (χ4n) is 2.69. The van der Waals surface area contributed by atoms with Gasteiger partial charge in [-0.3, -0.25) is 9.89 Å². The summed E-state index contributed by atoms with van der Waals surface area (Å²) >= 11 is 12.1. The average Bonchev–Trinajstić information content (AvgIpc) is 3.00. The number of benzene rings is 2. The molecule has 1 N–H and O–H groups in total. The number of rotatable bonds is 2. The summed E-state index contributed by atoms with van der Waals surface area (Å²) in [5.41, 5.74) is 1.79. The largest absolute Gasteiger partial charge is 0.296 e. The van der Waals surface area contributed by atoms with Gasteiger partial charge in [-0.05, 0) is 24.3 Å². The number of aromatic nitrogens is 3. The maximum atomic E-state index is 14.3. The first kappa shape index (κ1) is 15.9. The van der Waals surface area contributed by atoms with Crippen molar-refractivity contribution in [3.05, 3.63) is 80.9 Å². The minimum Gasteiger partial charge on any atom is -0.296 e. The second-order valence-corrected chi connectivity index (χ2v) is 6.27. The van der Waals surface area contributed by atoms with Crippen molar-refractivity contribution >= 4 is 28.8 Å². The van der Waals surface area contributed by atoms with E-state index in [1.807, 2.05) is 0 Å². The van der Waals surface area contributed by atoms with E-state index in [4.69, 9.17) is 23.2 Å². The summed E-state index contributed by atoms with van der Waals surface area (Å²) in [5, 5.41) is 3.62. The second kappa shape index (κ2) is 6.02. The van der Waals surface area contributed by atoms with Gasteiger partial charge in [-0.2, -0.15) is 0 Å². The standard InChI is InChI=1S/C18H10Cl2FN3O/c19-11-6-4-10(5-7-11)15-8-16(25)24-18(23-15)12(9-22-24)17-13(20)2-1-3-14(17)21/h1-9,22H. The van der Waals surface area contributed by atoms with Gasteiger partial charge in [0.25, 0.3) is 5.56 Å². The predicted molar refractivity (Wildman–Crippen MR) is 96.7 cm³/mol. The highest BCUT2D eigenvalue weighted by Crippen LogP contribution is 2.33. The lowest BCUT2D eigenvalue weighted by Crippen LogP contribution is -2.14. The van der Waals surface area contributed by atoms with Crippen LogP contribution in [0, 0.1) is 5.82 Å². The summed E-state index contributed by atoms with van der Waals surface area (Å²) in [6.45, 7) is 0. The number of H-pyrrole nitrogens is 1. The van der Waals surface area contributed by atoms with Gasteiger partial charge in [0, 0.05) is 34.0 Å². The predicted octanol–water partition coefficient (Wildman–Crippen LogP) is 4.80. The van der Waals surface area contributed by atoms with Crippen molar-refractivity contribution in [3.8, 4) is 22.4 Å². The van der Waals surface area contributed by atoms with Crippen molar-refractivity contribution in [2.45, 2.75) is 0 Å². The maximum Gasteiger partial charge on any atom is 0.273 e. The van der Waals surface area contributed by atoms with Gasteiger partial charge in [0.15, 0.2) is 5.65 Å². The van der Waals surface area contributed by atoms with Crippen molar-refractivity contribution in [3.63, 3.8) is 0 Å². The van der Waals surface area contributed by atoms with Gasteiger partial charge in [0.05, 0.1) is 10.7 Å². The van der Waals surface area contributed by atoms with Crippen LogP contribution in [0.2, 0.25) is 10.0 Å². The molecule has 2 aromatic heterocycles. The Kier molecular flexibility index (Phi) is 3.82. The van der Waals surface area contributed by atoms with Crippen LogP contribution in [0.5, 0.6) is 0 Å². The summed E-state index contributed by atoms with van der Waals surface area (Å²) in [6, 6.07) is 12.8. The first-order valence-electron chi connectivity index (χ1n) is 7.36. The van der Waals surface area contributed by atoms with Crippen LogP contribution in [0.25, 0.3) is 28.0 Å². The Balaban J connectivity index is 1.99. The number of nitrogens with one attached hydrogen (secondary N) is 1. The summed E-state index contributed by atoms with van der Waals surface area (Å²) in [4.78, 5) is 16.9. The number of nitrogens with zero attached hydrogens (tertiary/aromatic N) is 2. The normalized spacial score (nSPS) is 11.2. The van der Waals surface area contributed by atoms with E-state index in [1.165, 1.54) is 28.9 Å². The van der Waals surface area contributed by atoms with E-state index in [-0.39, 0.29) is 16.1 Å². The number of aromatic amines is 1. The molecule has 0 aliphatic heterocycles. The first-order chi connectivity index (χ1) is 12.0. The Labute approximate surface area is 151 Å². The Hall–Kier alpha value is -2.63. The van der Waals surface area contributed by atoms with Crippen LogP contribution in [0.3, 0.4) is 0 Å². The lowest BCUT2D eigenvalue weighted by Gasteiger charge is -2.05. The molecular formula is C18H10Cl2FN3O. The molecule has 0 amide bonds. The molecule has 4 rings (SSSR count). The van der Waals surface area contributed by atoms with E-state index < -0.39 is 5.82 Å². The number of hydrogen-bond donors (Lipinski definition) is 1. The molecule has 0 bridgehead atoms. The number of halogens is 3. The van der Waals surface area contributed by atoms with E-state index in [1.54, 1.807) is 30.3 Å². The fraction of sp³-hybridized carbons (Fsp3) is 0. The first-order valence-corrected chi connectivity index (χ1v) is 8.12. The van der Waals surface area contributed by atoms with Crippen LogP contribution in [-0.4, -0.2) is 14.6 Å². The van der Waals surface area contributed by atoms with Crippen LogP contribution >= 0.6 is 23.2 Å². The van der Waals surface area contributed by atoms with Crippen molar-refractivity contribution in [1.82, 2.24) is 14.6 Å². The number of hydrogen-bond acceptors (Lipinski definition) is 2. The zero-order valence-electron chi connectivity index (χ0n) is 12.6. The summed E-state index contributed by atoms with van der Waals surface area (Å²) in [5.74, 6) is -0.486. The second-order valence-electron chi connectivity index (χ2n) is 5.43. The molecule has 0 aliphatic rings. The van der Waals surface area contributed by atoms with Gasteiger partial charge in [-0.25, -0.2) is 13.9 Å². The molecule has 0 radical (unpaired) electrons. The third-order valence-electron chi connectivity index (χ3n) is 3.87. The molecular weight excluding hydrogens is 364 g/mol. The third-order valence-corrected chi connectivity index (χ3v) is 4.44. The molecule has 0 atom stereocenters. The van der Waals surface area contributed by atoms with Crippen LogP contribution in [0.15, 0.2) is 59.5 Å². The van der Waals surface area contributed by atoms with E-state index in [0.29, 0.717) is 21.9 Å². The molecule has 0 fully saturated rings. The molecule has 0 unspecified atom stereocenters. The van der Waals surface area contributed by atoms with Gasteiger partial charge < -0.3 is 0 Å². The Morgan fingerprint density at radius 1 is 1.08 bits per heavy atom. The van der Waals surface area contributed by atoms with E-state index >= 15 is 0 Å².